The highest BCUT2D eigenvalue weighted by Crippen LogP contribution is 2.05. The van der Waals surface area contributed by atoms with Gasteiger partial charge in [0, 0.05) is 12.1 Å². The number of rotatable bonds is 10. The first-order valence-electron chi connectivity index (χ1n) is 7.57. The second-order valence-electron chi connectivity index (χ2n) is 5.46. The molecule has 0 aliphatic heterocycles. The Hall–Kier alpha value is -0.570. The fourth-order valence-corrected chi connectivity index (χ4v) is 1.93. The van der Waals surface area contributed by atoms with Gasteiger partial charge in [-0.05, 0) is 33.6 Å². The first kappa shape index (κ1) is 17.4. The van der Waals surface area contributed by atoms with Crippen LogP contribution >= 0.6 is 0 Å². The van der Waals surface area contributed by atoms with Crippen LogP contribution in [0.25, 0.3) is 0 Å². The summed E-state index contributed by atoms with van der Waals surface area (Å²) in [6.45, 7) is 10.5. The van der Waals surface area contributed by atoms with Crippen molar-refractivity contribution in [2.45, 2.75) is 91.3 Å². The van der Waals surface area contributed by atoms with Crippen LogP contribution in [0.5, 0.6) is 0 Å². The van der Waals surface area contributed by atoms with E-state index in [2.05, 4.69) is 31.4 Å². The van der Waals surface area contributed by atoms with Crippen LogP contribution in [0, 0.1) is 0 Å². The van der Waals surface area contributed by atoms with Gasteiger partial charge in [-0.25, -0.2) is 0 Å². The molecule has 0 rings (SSSR count). The highest BCUT2D eigenvalue weighted by molar-refractivity contribution is 5.81. The number of hydrogen-bond acceptors (Lipinski definition) is 2. The lowest BCUT2D eigenvalue weighted by Gasteiger charge is -2.21. The Morgan fingerprint density at radius 3 is 2.22 bits per heavy atom. The van der Waals surface area contributed by atoms with Crippen molar-refractivity contribution in [3.63, 3.8) is 0 Å². The molecule has 0 spiro atoms. The summed E-state index contributed by atoms with van der Waals surface area (Å²) in [5.41, 5.74) is 0. The van der Waals surface area contributed by atoms with Gasteiger partial charge in [0.05, 0.1) is 6.04 Å². The predicted octanol–water partition coefficient (Wildman–Crippen LogP) is 3.24. The van der Waals surface area contributed by atoms with E-state index in [4.69, 9.17) is 0 Å². The van der Waals surface area contributed by atoms with E-state index in [0.717, 1.165) is 12.8 Å². The first-order chi connectivity index (χ1) is 8.51. The van der Waals surface area contributed by atoms with E-state index in [1.54, 1.807) is 0 Å². The topological polar surface area (TPSA) is 41.1 Å². The van der Waals surface area contributed by atoms with E-state index in [1.807, 2.05) is 13.8 Å². The fraction of sp³-hybridized carbons (Fsp3) is 0.933. The van der Waals surface area contributed by atoms with Crippen molar-refractivity contribution >= 4 is 5.91 Å². The van der Waals surface area contributed by atoms with Crippen LogP contribution in [-0.2, 0) is 4.79 Å². The summed E-state index contributed by atoms with van der Waals surface area (Å²) in [4.78, 5) is 11.9. The number of amides is 1. The van der Waals surface area contributed by atoms with Crippen molar-refractivity contribution in [2.24, 2.45) is 0 Å². The Bertz CT molecular complexity index is 219. The number of carbonyl (C=O) groups excluding carboxylic acids is 1. The minimum atomic E-state index is -0.0971. The molecule has 2 N–H and O–H groups in total. The van der Waals surface area contributed by atoms with E-state index < -0.39 is 0 Å². The van der Waals surface area contributed by atoms with Gasteiger partial charge in [0.15, 0.2) is 0 Å². The van der Waals surface area contributed by atoms with Crippen molar-refractivity contribution in [2.75, 3.05) is 0 Å². The summed E-state index contributed by atoms with van der Waals surface area (Å²) in [5, 5.41) is 6.38. The normalized spacial score (nSPS) is 16.1. The molecule has 0 radical (unpaired) electrons. The SMILES string of the molecule is CCCCCCC(C)NC(C)C(=O)NC(C)CC. The van der Waals surface area contributed by atoms with E-state index in [0.29, 0.717) is 6.04 Å². The third kappa shape index (κ3) is 8.51. The maximum absolute atomic E-state index is 11.9. The van der Waals surface area contributed by atoms with Gasteiger partial charge in [-0.1, -0.05) is 39.5 Å². The molecule has 18 heavy (non-hydrogen) atoms. The summed E-state index contributed by atoms with van der Waals surface area (Å²) < 4.78 is 0. The van der Waals surface area contributed by atoms with Crippen molar-refractivity contribution in [1.82, 2.24) is 10.6 Å². The third-order valence-electron chi connectivity index (χ3n) is 3.42. The van der Waals surface area contributed by atoms with Gasteiger partial charge in [0.2, 0.25) is 5.91 Å². The van der Waals surface area contributed by atoms with Crippen LogP contribution in [0.4, 0.5) is 0 Å². The van der Waals surface area contributed by atoms with Crippen LogP contribution in [0.3, 0.4) is 0 Å². The Balaban J connectivity index is 3.77. The number of unbranched alkanes of at least 4 members (excludes halogenated alkanes) is 3. The average molecular weight is 256 g/mol. The molecule has 3 atom stereocenters. The average Bonchev–Trinajstić information content (AvgIpc) is 2.34. The predicted molar refractivity (Wildman–Crippen MR) is 78.7 cm³/mol. The molecule has 0 aromatic rings. The van der Waals surface area contributed by atoms with Crippen molar-refractivity contribution < 1.29 is 4.79 Å². The second-order valence-corrected chi connectivity index (χ2v) is 5.46. The molecule has 0 aromatic heterocycles. The summed E-state index contributed by atoms with van der Waals surface area (Å²) in [5.74, 6) is 0.116. The Morgan fingerprint density at radius 1 is 1.00 bits per heavy atom. The quantitative estimate of drug-likeness (QED) is 0.589. The van der Waals surface area contributed by atoms with Gasteiger partial charge in [-0.15, -0.1) is 0 Å². The molecular formula is C15H32N2O. The van der Waals surface area contributed by atoms with Crippen LogP contribution in [0.15, 0.2) is 0 Å². The molecule has 3 nitrogen and oxygen atoms in total. The van der Waals surface area contributed by atoms with Gasteiger partial charge in [0.25, 0.3) is 0 Å². The number of nitrogens with one attached hydrogen (secondary N) is 2. The van der Waals surface area contributed by atoms with Crippen LogP contribution in [0.1, 0.15) is 73.1 Å². The van der Waals surface area contributed by atoms with Gasteiger partial charge >= 0.3 is 0 Å². The van der Waals surface area contributed by atoms with Gasteiger partial charge in [-0.3, -0.25) is 4.79 Å². The lowest BCUT2D eigenvalue weighted by Crippen LogP contribution is -2.48. The molecule has 1 amide bonds. The summed E-state index contributed by atoms with van der Waals surface area (Å²) in [6, 6.07) is 0.585. The van der Waals surface area contributed by atoms with Crippen molar-refractivity contribution in [3.8, 4) is 0 Å². The Labute approximate surface area is 113 Å². The minimum absolute atomic E-state index is 0.0971. The van der Waals surface area contributed by atoms with E-state index in [-0.39, 0.29) is 18.0 Å². The van der Waals surface area contributed by atoms with Crippen LogP contribution in [-0.4, -0.2) is 24.0 Å². The molecule has 0 aliphatic carbocycles. The molecule has 0 aliphatic rings. The van der Waals surface area contributed by atoms with E-state index >= 15 is 0 Å². The van der Waals surface area contributed by atoms with E-state index in [9.17, 15) is 4.79 Å². The molecule has 0 bridgehead atoms. The van der Waals surface area contributed by atoms with Crippen LogP contribution in [0.2, 0.25) is 0 Å². The molecule has 0 aromatic carbocycles. The zero-order chi connectivity index (χ0) is 14.0. The monoisotopic (exact) mass is 256 g/mol. The smallest absolute Gasteiger partial charge is 0.237 e. The molecule has 0 heterocycles. The molecule has 0 fully saturated rings. The molecule has 3 unspecified atom stereocenters. The summed E-state index contributed by atoms with van der Waals surface area (Å²) >= 11 is 0. The minimum Gasteiger partial charge on any atom is -0.352 e. The highest BCUT2D eigenvalue weighted by Gasteiger charge is 2.16. The van der Waals surface area contributed by atoms with Crippen molar-refractivity contribution in [3.05, 3.63) is 0 Å². The largest absolute Gasteiger partial charge is 0.352 e. The first-order valence-corrected chi connectivity index (χ1v) is 7.57. The maximum Gasteiger partial charge on any atom is 0.237 e. The summed E-state index contributed by atoms with van der Waals surface area (Å²) in [6.07, 6.45) is 7.27. The highest BCUT2D eigenvalue weighted by atomic mass is 16.2. The zero-order valence-corrected chi connectivity index (χ0v) is 12.9. The lowest BCUT2D eigenvalue weighted by atomic mass is 10.1. The standard InChI is InChI=1S/C15H32N2O/c1-6-8-9-10-11-13(4)16-14(5)15(18)17-12(3)7-2/h12-14,16H,6-11H2,1-5H3,(H,17,18). The zero-order valence-electron chi connectivity index (χ0n) is 12.9. The summed E-state index contributed by atoms with van der Waals surface area (Å²) in [7, 11) is 0. The lowest BCUT2D eigenvalue weighted by molar-refractivity contribution is -0.123. The van der Waals surface area contributed by atoms with Gasteiger partial charge < -0.3 is 10.6 Å². The Morgan fingerprint density at radius 2 is 1.67 bits per heavy atom. The van der Waals surface area contributed by atoms with Crippen molar-refractivity contribution in [1.29, 1.82) is 0 Å². The third-order valence-corrected chi connectivity index (χ3v) is 3.42. The number of hydrogen-bond donors (Lipinski definition) is 2. The van der Waals surface area contributed by atoms with Gasteiger partial charge in [0.1, 0.15) is 0 Å². The Kier molecular flexibility index (Phi) is 10.0. The molecular weight excluding hydrogens is 224 g/mol. The second kappa shape index (κ2) is 10.4. The molecule has 108 valence electrons. The molecule has 0 saturated carbocycles. The fourth-order valence-electron chi connectivity index (χ4n) is 1.93. The van der Waals surface area contributed by atoms with E-state index in [1.165, 1.54) is 25.7 Å². The maximum atomic E-state index is 11.9. The molecule has 0 saturated heterocycles. The molecule has 3 heteroatoms. The number of carbonyl (C=O) groups is 1. The van der Waals surface area contributed by atoms with Crippen LogP contribution < -0.4 is 10.6 Å². The van der Waals surface area contributed by atoms with Gasteiger partial charge in [-0.2, -0.15) is 0 Å².